The molecule has 33 heavy (non-hydrogen) atoms. The molecule has 1 fully saturated rings. The number of halogens is 2. The minimum atomic E-state index is -0.672. The highest BCUT2D eigenvalue weighted by Gasteiger charge is 2.41. The maximum absolute atomic E-state index is 14.2. The average Bonchev–Trinajstić information content (AvgIpc) is 3.12. The fraction of sp³-hybridized carbons (Fsp3) is 0.333. The SMILES string of the molecule is O=C1CCN2C(=C1C(=O)Nc1ccccc1F)N(CCN1CCOCC1)c1cc(F)ccc12. The Morgan fingerprint density at radius 2 is 1.79 bits per heavy atom. The number of fused-ring (bicyclic) bond motifs is 3. The Kier molecular flexibility index (Phi) is 5.82. The van der Waals surface area contributed by atoms with Gasteiger partial charge >= 0.3 is 0 Å². The predicted molar refractivity (Wildman–Crippen MR) is 120 cm³/mol. The normalized spacial score (nSPS) is 18.4. The lowest BCUT2D eigenvalue weighted by molar-refractivity contribution is -0.120. The quantitative estimate of drug-likeness (QED) is 0.701. The summed E-state index contributed by atoms with van der Waals surface area (Å²) < 4.78 is 33.8. The molecule has 3 aliphatic heterocycles. The molecule has 2 aromatic rings. The maximum atomic E-state index is 14.2. The van der Waals surface area contributed by atoms with Crippen molar-refractivity contribution in [3.63, 3.8) is 0 Å². The van der Waals surface area contributed by atoms with Crippen LogP contribution in [0.15, 0.2) is 53.9 Å². The minimum absolute atomic E-state index is 0.00180. The molecule has 0 atom stereocenters. The maximum Gasteiger partial charge on any atom is 0.263 e. The average molecular weight is 454 g/mol. The summed E-state index contributed by atoms with van der Waals surface area (Å²) in [7, 11) is 0. The number of hydrogen-bond acceptors (Lipinski definition) is 6. The van der Waals surface area contributed by atoms with Crippen molar-refractivity contribution < 1.29 is 23.1 Å². The van der Waals surface area contributed by atoms with Gasteiger partial charge in [-0.15, -0.1) is 0 Å². The van der Waals surface area contributed by atoms with Gasteiger partial charge in [0.1, 0.15) is 23.0 Å². The Labute approximate surface area is 190 Å². The molecule has 1 N–H and O–H groups in total. The topological polar surface area (TPSA) is 65.1 Å². The summed E-state index contributed by atoms with van der Waals surface area (Å²) in [4.78, 5) is 32.1. The molecule has 1 saturated heterocycles. The van der Waals surface area contributed by atoms with Gasteiger partial charge in [0, 0.05) is 39.1 Å². The zero-order valence-electron chi connectivity index (χ0n) is 18.0. The van der Waals surface area contributed by atoms with E-state index in [1.54, 1.807) is 12.1 Å². The number of ketones is 1. The van der Waals surface area contributed by atoms with Gasteiger partial charge < -0.3 is 19.9 Å². The molecule has 0 aliphatic carbocycles. The molecule has 172 valence electrons. The second-order valence-corrected chi connectivity index (χ2v) is 8.20. The Balaban J connectivity index is 1.53. The highest BCUT2D eigenvalue weighted by molar-refractivity contribution is 6.25. The van der Waals surface area contributed by atoms with Crippen LogP contribution in [0, 0.1) is 11.6 Å². The number of amides is 1. The van der Waals surface area contributed by atoms with Crippen LogP contribution < -0.4 is 15.1 Å². The zero-order chi connectivity index (χ0) is 22.9. The standard InChI is InChI=1S/C24H24F2N4O3/c25-16-5-6-19-20(15-16)30(10-9-28-11-13-33-14-12-28)24-22(21(31)7-8-29(19)24)23(32)27-18-4-2-1-3-17(18)26/h1-6,15H,7-14H2,(H,27,32). The van der Waals surface area contributed by atoms with Crippen molar-refractivity contribution in [2.24, 2.45) is 0 Å². The van der Waals surface area contributed by atoms with E-state index >= 15 is 0 Å². The van der Waals surface area contributed by atoms with Crippen LogP contribution in [0.1, 0.15) is 6.42 Å². The first-order valence-electron chi connectivity index (χ1n) is 11.0. The number of benzene rings is 2. The van der Waals surface area contributed by atoms with Crippen LogP contribution in [0.3, 0.4) is 0 Å². The Morgan fingerprint density at radius 1 is 1.00 bits per heavy atom. The lowest BCUT2D eigenvalue weighted by atomic mass is 10.0. The van der Waals surface area contributed by atoms with Gasteiger partial charge in [-0.05, 0) is 30.3 Å². The summed E-state index contributed by atoms with van der Waals surface area (Å²) in [5.74, 6) is -1.55. The van der Waals surface area contributed by atoms with E-state index in [1.165, 1.54) is 30.3 Å². The van der Waals surface area contributed by atoms with E-state index in [2.05, 4.69) is 10.2 Å². The smallest absolute Gasteiger partial charge is 0.263 e. The van der Waals surface area contributed by atoms with Gasteiger partial charge in [0.05, 0.1) is 30.3 Å². The number of rotatable bonds is 5. The second kappa shape index (κ2) is 8.92. The molecule has 3 aliphatic rings. The fourth-order valence-electron chi connectivity index (χ4n) is 4.54. The first-order valence-corrected chi connectivity index (χ1v) is 11.0. The van der Waals surface area contributed by atoms with Crippen LogP contribution in [0.25, 0.3) is 0 Å². The number of para-hydroxylation sites is 1. The number of carbonyl (C=O) groups excluding carboxylic acids is 2. The first-order chi connectivity index (χ1) is 16.0. The third-order valence-corrected chi connectivity index (χ3v) is 6.19. The number of ether oxygens (including phenoxy) is 1. The third-order valence-electron chi connectivity index (χ3n) is 6.19. The largest absolute Gasteiger partial charge is 0.379 e. The van der Waals surface area contributed by atoms with E-state index in [0.717, 1.165) is 18.8 Å². The van der Waals surface area contributed by atoms with E-state index in [0.29, 0.717) is 44.4 Å². The molecule has 9 heteroatoms. The highest BCUT2D eigenvalue weighted by atomic mass is 19.1. The van der Waals surface area contributed by atoms with Crippen molar-refractivity contribution >= 4 is 28.8 Å². The molecule has 0 bridgehead atoms. The van der Waals surface area contributed by atoms with Gasteiger partial charge in [0.2, 0.25) is 0 Å². The Morgan fingerprint density at radius 3 is 2.58 bits per heavy atom. The summed E-state index contributed by atoms with van der Waals surface area (Å²) in [6, 6.07) is 10.3. The van der Waals surface area contributed by atoms with Crippen molar-refractivity contribution in [2.75, 3.05) is 61.1 Å². The van der Waals surface area contributed by atoms with E-state index in [9.17, 15) is 18.4 Å². The van der Waals surface area contributed by atoms with Crippen LogP contribution in [0.2, 0.25) is 0 Å². The first kappa shape index (κ1) is 21.5. The number of anilines is 3. The summed E-state index contributed by atoms with van der Waals surface area (Å²) in [5.41, 5.74) is 1.33. The van der Waals surface area contributed by atoms with E-state index in [4.69, 9.17) is 4.74 Å². The van der Waals surface area contributed by atoms with E-state index < -0.39 is 17.5 Å². The molecular weight excluding hydrogens is 430 g/mol. The zero-order valence-corrected chi connectivity index (χ0v) is 18.0. The lowest BCUT2D eigenvalue weighted by Crippen LogP contribution is -2.44. The summed E-state index contributed by atoms with van der Waals surface area (Å²) in [6.07, 6.45) is 0.137. The molecule has 3 heterocycles. The summed E-state index contributed by atoms with van der Waals surface area (Å²) in [5, 5.41) is 2.54. The van der Waals surface area contributed by atoms with Crippen LogP contribution >= 0.6 is 0 Å². The van der Waals surface area contributed by atoms with Crippen LogP contribution in [0.5, 0.6) is 0 Å². The Bertz CT molecular complexity index is 1130. The van der Waals surface area contributed by atoms with Gasteiger partial charge in [-0.1, -0.05) is 12.1 Å². The number of hydrogen-bond donors (Lipinski definition) is 1. The number of nitrogens with one attached hydrogen (secondary N) is 1. The molecule has 0 aromatic heterocycles. The van der Waals surface area contributed by atoms with Gasteiger partial charge in [0.15, 0.2) is 5.78 Å². The molecule has 0 unspecified atom stereocenters. The number of Topliss-reactive ketones (excluding diaryl/α,β-unsaturated/α-hetero) is 1. The predicted octanol–water partition coefficient (Wildman–Crippen LogP) is 2.75. The van der Waals surface area contributed by atoms with Crippen LogP contribution in [0.4, 0.5) is 25.8 Å². The monoisotopic (exact) mass is 454 g/mol. The molecule has 5 rings (SSSR count). The summed E-state index contributed by atoms with van der Waals surface area (Å²) >= 11 is 0. The van der Waals surface area contributed by atoms with Gasteiger partial charge in [-0.25, -0.2) is 8.78 Å². The highest BCUT2D eigenvalue weighted by Crippen LogP contribution is 2.45. The second-order valence-electron chi connectivity index (χ2n) is 8.20. The molecule has 0 spiro atoms. The van der Waals surface area contributed by atoms with Crippen molar-refractivity contribution in [1.29, 1.82) is 0 Å². The molecule has 0 saturated carbocycles. The van der Waals surface area contributed by atoms with Gasteiger partial charge in [-0.3, -0.25) is 14.5 Å². The van der Waals surface area contributed by atoms with E-state index in [-0.39, 0.29) is 23.5 Å². The van der Waals surface area contributed by atoms with Crippen LogP contribution in [-0.4, -0.2) is 62.5 Å². The summed E-state index contributed by atoms with van der Waals surface area (Å²) in [6.45, 7) is 4.37. The minimum Gasteiger partial charge on any atom is -0.379 e. The molecule has 0 radical (unpaired) electrons. The van der Waals surface area contributed by atoms with Gasteiger partial charge in [0.25, 0.3) is 5.91 Å². The third kappa shape index (κ3) is 4.09. The lowest BCUT2D eigenvalue weighted by Gasteiger charge is -2.33. The van der Waals surface area contributed by atoms with Crippen molar-refractivity contribution in [3.05, 3.63) is 65.5 Å². The fourth-order valence-corrected chi connectivity index (χ4v) is 4.54. The number of nitrogens with zero attached hydrogens (tertiary/aromatic N) is 3. The molecule has 1 amide bonds. The Hall–Kier alpha value is -3.30. The van der Waals surface area contributed by atoms with Crippen molar-refractivity contribution in [3.8, 4) is 0 Å². The molecular formula is C24H24F2N4O3. The van der Waals surface area contributed by atoms with Crippen LogP contribution in [-0.2, 0) is 14.3 Å². The molecule has 2 aromatic carbocycles. The number of carbonyl (C=O) groups is 2. The van der Waals surface area contributed by atoms with E-state index in [1.807, 2.05) is 9.80 Å². The number of morpholine rings is 1. The van der Waals surface area contributed by atoms with Crippen molar-refractivity contribution in [2.45, 2.75) is 6.42 Å². The molecule has 7 nitrogen and oxygen atoms in total. The van der Waals surface area contributed by atoms with Crippen molar-refractivity contribution in [1.82, 2.24) is 4.90 Å². The van der Waals surface area contributed by atoms with Gasteiger partial charge in [-0.2, -0.15) is 0 Å².